The van der Waals surface area contributed by atoms with E-state index in [-0.39, 0.29) is 11.6 Å². The Kier molecular flexibility index (Phi) is 5.09. The number of ketones is 1. The van der Waals surface area contributed by atoms with E-state index < -0.39 is 0 Å². The van der Waals surface area contributed by atoms with Gasteiger partial charge in [-0.25, -0.2) is 4.98 Å². The molecule has 0 aliphatic heterocycles. The molecular weight excluding hydrogens is 342 g/mol. The summed E-state index contributed by atoms with van der Waals surface area (Å²) >= 11 is 1.29. The number of anilines is 3. The van der Waals surface area contributed by atoms with Crippen molar-refractivity contribution in [1.82, 2.24) is 4.98 Å². The zero-order valence-electron chi connectivity index (χ0n) is 15.5. The predicted molar refractivity (Wildman–Crippen MR) is 110 cm³/mol. The molecule has 2 aromatic carbocycles. The number of hydrogen-bond acceptors (Lipinski definition) is 5. The molecule has 3 rings (SSSR count). The number of aromatic nitrogens is 1. The summed E-state index contributed by atoms with van der Waals surface area (Å²) < 4.78 is 0. The molecule has 0 spiro atoms. The van der Waals surface area contributed by atoms with E-state index in [1.165, 1.54) is 16.9 Å². The maximum atomic E-state index is 12.9. The molecule has 26 heavy (non-hydrogen) atoms. The number of nitrogens with two attached hydrogens (primary N) is 1. The molecule has 3 N–H and O–H groups in total. The second kappa shape index (κ2) is 7.30. The highest BCUT2D eigenvalue weighted by atomic mass is 32.1. The highest BCUT2D eigenvalue weighted by Crippen LogP contribution is 2.31. The molecule has 0 unspecified atom stereocenters. The largest absolute Gasteiger partial charge is 0.382 e. The van der Waals surface area contributed by atoms with Crippen molar-refractivity contribution in [2.45, 2.75) is 33.6 Å². The number of nitrogens with one attached hydrogen (secondary N) is 1. The van der Waals surface area contributed by atoms with E-state index in [4.69, 9.17) is 5.73 Å². The summed E-state index contributed by atoms with van der Waals surface area (Å²) in [6, 6.07) is 14.1. The fourth-order valence-corrected chi connectivity index (χ4v) is 3.58. The van der Waals surface area contributed by atoms with Crippen molar-refractivity contribution in [3.63, 3.8) is 0 Å². The third-order valence-corrected chi connectivity index (χ3v) is 5.31. The van der Waals surface area contributed by atoms with Gasteiger partial charge in [-0.05, 0) is 49.1 Å². The summed E-state index contributed by atoms with van der Waals surface area (Å²) in [4.78, 5) is 17.7. The van der Waals surface area contributed by atoms with Gasteiger partial charge in [0.1, 0.15) is 10.7 Å². The summed E-state index contributed by atoms with van der Waals surface area (Å²) in [5.74, 6) is 0.674. The summed E-state index contributed by atoms with van der Waals surface area (Å²) in [6.07, 6.45) is 0. The van der Waals surface area contributed by atoms with Gasteiger partial charge in [0, 0.05) is 11.3 Å². The van der Waals surface area contributed by atoms with Crippen LogP contribution >= 0.6 is 11.3 Å². The number of rotatable bonds is 5. The van der Waals surface area contributed by atoms with Crippen LogP contribution in [0, 0.1) is 13.8 Å². The molecule has 0 saturated heterocycles. The molecule has 0 amide bonds. The van der Waals surface area contributed by atoms with E-state index in [0.717, 1.165) is 16.8 Å². The van der Waals surface area contributed by atoms with Crippen LogP contribution in [0.15, 0.2) is 42.5 Å². The minimum atomic E-state index is -0.0793. The summed E-state index contributed by atoms with van der Waals surface area (Å²) in [5, 5.41) is 3.86. The molecule has 0 aliphatic carbocycles. The lowest BCUT2D eigenvalue weighted by Gasteiger charge is -2.07. The molecule has 0 atom stereocenters. The molecule has 4 nitrogen and oxygen atoms in total. The van der Waals surface area contributed by atoms with Crippen LogP contribution in [0.3, 0.4) is 0 Å². The molecule has 0 radical (unpaired) electrons. The van der Waals surface area contributed by atoms with Gasteiger partial charge >= 0.3 is 0 Å². The first-order valence-electron chi connectivity index (χ1n) is 8.60. The number of carbonyl (C=O) groups is 1. The van der Waals surface area contributed by atoms with Crippen LogP contribution in [0.25, 0.3) is 0 Å². The molecule has 3 aromatic rings. The lowest BCUT2D eigenvalue weighted by Crippen LogP contribution is -2.05. The van der Waals surface area contributed by atoms with Crippen LogP contribution < -0.4 is 11.1 Å². The molecule has 0 aliphatic rings. The second-order valence-electron chi connectivity index (χ2n) is 6.78. The van der Waals surface area contributed by atoms with Crippen molar-refractivity contribution < 1.29 is 4.79 Å². The number of thiazole rings is 1. The van der Waals surface area contributed by atoms with Gasteiger partial charge in [0.15, 0.2) is 5.13 Å². The van der Waals surface area contributed by atoms with Crippen molar-refractivity contribution >= 4 is 33.8 Å². The van der Waals surface area contributed by atoms with Crippen molar-refractivity contribution in [3.05, 3.63) is 69.6 Å². The number of aryl methyl sites for hydroxylation is 2. The SMILES string of the molecule is Cc1ccc(C)c(C(=O)c2sc(Nc3ccc(C(C)C)cc3)nc2N)c1. The molecule has 0 saturated carbocycles. The minimum Gasteiger partial charge on any atom is -0.382 e. The number of nitrogen functional groups attached to an aromatic ring is 1. The monoisotopic (exact) mass is 365 g/mol. The molecule has 134 valence electrons. The summed E-state index contributed by atoms with van der Waals surface area (Å²) in [7, 11) is 0. The first-order chi connectivity index (χ1) is 12.3. The Labute approximate surface area is 158 Å². The van der Waals surface area contributed by atoms with Gasteiger partial charge in [-0.1, -0.05) is 55.0 Å². The third kappa shape index (κ3) is 3.78. The Hall–Kier alpha value is -2.66. The predicted octanol–water partition coefficient (Wildman–Crippen LogP) is 5.44. The highest BCUT2D eigenvalue weighted by Gasteiger charge is 2.19. The standard InChI is InChI=1S/C21H23N3OS/c1-12(2)15-7-9-16(10-8-15)23-21-24-20(22)19(26-21)18(25)17-11-13(3)5-6-14(17)4/h5-12H,22H2,1-4H3,(H,23,24). The van der Waals surface area contributed by atoms with Crippen molar-refractivity contribution in [1.29, 1.82) is 0 Å². The van der Waals surface area contributed by atoms with Crippen molar-refractivity contribution in [2.75, 3.05) is 11.1 Å². The Morgan fingerprint density at radius 2 is 1.81 bits per heavy atom. The van der Waals surface area contributed by atoms with E-state index in [0.29, 0.717) is 21.5 Å². The van der Waals surface area contributed by atoms with Crippen LogP contribution in [0.4, 0.5) is 16.6 Å². The lowest BCUT2D eigenvalue weighted by atomic mass is 10.0. The Bertz CT molecular complexity index is 942. The average Bonchev–Trinajstić information content (AvgIpc) is 2.97. The number of carbonyl (C=O) groups excluding carboxylic acids is 1. The molecular formula is C21H23N3OS. The Balaban J connectivity index is 1.84. The minimum absolute atomic E-state index is 0.0793. The Morgan fingerprint density at radius 3 is 2.46 bits per heavy atom. The van der Waals surface area contributed by atoms with Gasteiger partial charge in [0.2, 0.25) is 5.78 Å². The first-order valence-corrected chi connectivity index (χ1v) is 9.42. The van der Waals surface area contributed by atoms with Crippen LogP contribution in [-0.2, 0) is 0 Å². The van der Waals surface area contributed by atoms with E-state index in [2.05, 4.69) is 36.3 Å². The number of hydrogen-bond donors (Lipinski definition) is 2. The maximum Gasteiger partial charge on any atom is 0.207 e. The van der Waals surface area contributed by atoms with Crippen LogP contribution in [0.1, 0.15) is 51.7 Å². The lowest BCUT2D eigenvalue weighted by molar-refractivity contribution is 0.104. The number of benzene rings is 2. The molecule has 1 heterocycles. The quantitative estimate of drug-likeness (QED) is 0.591. The molecule has 0 bridgehead atoms. The zero-order valence-corrected chi connectivity index (χ0v) is 16.3. The molecule has 5 heteroatoms. The molecule has 0 fully saturated rings. The average molecular weight is 366 g/mol. The number of nitrogens with zero attached hydrogens (tertiary/aromatic N) is 1. The summed E-state index contributed by atoms with van der Waals surface area (Å²) in [5.41, 5.74) is 10.9. The fourth-order valence-electron chi connectivity index (χ4n) is 2.73. The zero-order chi connectivity index (χ0) is 18.8. The van der Waals surface area contributed by atoms with E-state index >= 15 is 0 Å². The molecule has 1 aromatic heterocycles. The Morgan fingerprint density at radius 1 is 1.12 bits per heavy atom. The second-order valence-corrected chi connectivity index (χ2v) is 7.78. The normalized spacial score (nSPS) is 11.0. The van der Waals surface area contributed by atoms with E-state index in [1.807, 2.05) is 44.2 Å². The van der Waals surface area contributed by atoms with E-state index in [9.17, 15) is 4.79 Å². The van der Waals surface area contributed by atoms with Crippen molar-refractivity contribution in [2.24, 2.45) is 0 Å². The highest BCUT2D eigenvalue weighted by molar-refractivity contribution is 7.18. The van der Waals surface area contributed by atoms with Crippen molar-refractivity contribution in [3.8, 4) is 0 Å². The van der Waals surface area contributed by atoms with Gasteiger partial charge in [-0.3, -0.25) is 4.79 Å². The fraction of sp³-hybridized carbons (Fsp3) is 0.238. The van der Waals surface area contributed by atoms with Crippen LogP contribution in [-0.4, -0.2) is 10.8 Å². The van der Waals surface area contributed by atoms with Crippen LogP contribution in [0.2, 0.25) is 0 Å². The first kappa shape index (κ1) is 18.1. The van der Waals surface area contributed by atoms with E-state index in [1.54, 1.807) is 0 Å². The maximum absolute atomic E-state index is 12.9. The van der Waals surface area contributed by atoms with Gasteiger partial charge in [-0.15, -0.1) is 0 Å². The smallest absolute Gasteiger partial charge is 0.207 e. The summed E-state index contributed by atoms with van der Waals surface area (Å²) in [6.45, 7) is 8.23. The van der Waals surface area contributed by atoms with Gasteiger partial charge in [0.25, 0.3) is 0 Å². The van der Waals surface area contributed by atoms with Gasteiger partial charge < -0.3 is 11.1 Å². The van der Waals surface area contributed by atoms with Gasteiger partial charge in [-0.2, -0.15) is 0 Å². The third-order valence-electron chi connectivity index (χ3n) is 4.33. The van der Waals surface area contributed by atoms with Gasteiger partial charge in [0.05, 0.1) is 0 Å². The van der Waals surface area contributed by atoms with Crippen LogP contribution in [0.5, 0.6) is 0 Å². The topological polar surface area (TPSA) is 68.0 Å².